The van der Waals surface area contributed by atoms with Crippen molar-refractivity contribution in [2.24, 2.45) is 5.92 Å². The molecule has 0 spiro atoms. The van der Waals surface area contributed by atoms with Crippen LogP contribution in [0.25, 0.3) is 10.8 Å². The third-order valence-electron chi connectivity index (χ3n) is 4.47. The zero-order valence-electron chi connectivity index (χ0n) is 16.6. The highest BCUT2D eigenvalue weighted by Crippen LogP contribution is 2.25. The number of anilines is 1. The van der Waals surface area contributed by atoms with Crippen molar-refractivity contribution in [3.05, 3.63) is 58.9 Å². The molecule has 0 aliphatic heterocycles. The largest absolute Gasteiger partial charge is 0.347 e. The second kappa shape index (κ2) is 9.38. The molecule has 3 aromatic rings. The maximum atomic E-state index is 12.6. The summed E-state index contributed by atoms with van der Waals surface area (Å²) in [5.74, 6) is 0.251. The number of nitrogens with one attached hydrogen (secondary N) is 2. The lowest BCUT2D eigenvalue weighted by Crippen LogP contribution is -2.23. The number of nitrogens with zero attached hydrogens (tertiary/aromatic N) is 3. The lowest BCUT2D eigenvalue weighted by molar-refractivity contribution is -0.119. The van der Waals surface area contributed by atoms with Gasteiger partial charge in [0.2, 0.25) is 5.91 Å². The molecule has 1 unspecified atom stereocenters. The summed E-state index contributed by atoms with van der Waals surface area (Å²) >= 11 is 1.27. The van der Waals surface area contributed by atoms with Gasteiger partial charge in [-0.15, -0.1) is 11.3 Å². The van der Waals surface area contributed by atoms with Crippen LogP contribution in [-0.4, -0.2) is 26.8 Å². The summed E-state index contributed by atoms with van der Waals surface area (Å²) in [5, 5.41) is 6.44. The monoisotopic (exact) mass is 409 g/mol. The van der Waals surface area contributed by atoms with Crippen molar-refractivity contribution in [3.8, 4) is 10.8 Å². The minimum atomic E-state index is -0.198. The highest BCUT2D eigenvalue weighted by Gasteiger charge is 2.17. The molecule has 0 fully saturated rings. The van der Waals surface area contributed by atoms with Gasteiger partial charge in [0.15, 0.2) is 10.8 Å². The molecule has 2 amide bonds. The zero-order valence-corrected chi connectivity index (χ0v) is 17.4. The molecule has 3 rings (SSSR count). The Labute approximate surface area is 173 Å². The molecule has 1 aromatic carbocycles. The summed E-state index contributed by atoms with van der Waals surface area (Å²) in [6.07, 6.45) is 4.07. The molecular formula is C21H23N5O2S. The van der Waals surface area contributed by atoms with Crippen LogP contribution in [0.15, 0.2) is 42.7 Å². The third kappa shape index (κ3) is 5.23. The van der Waals surface area contributed by atoms with E-state index in [0.717, 1.165) is 17.7 Å². The molecule has 2 N–H and O–H groups in total. The van der Waals surface area contributed by atoms with Crippen molar-refractivity contribution in [1.29, 1.82) is 0 Å². The molecule has 2 aromatic heterocycles. The summed E-state index contributed by atoms with van der Waals surface area (Å²) in [5.41, 5.74) is 2.26. The number of aromatic nitrogens is 3. The smallest absolute Gasteiger partial charge is 0.263 e. The van der Waals surface area contributed by atoms with Gasteiger partial charge in [0.05, 0.1) is 5.69 Å². The van der Waals surface area contributed by atoms with E-state index in [9.17, 15) is 9.59 Å². The van der Waals surface area contributed by atoms with E-state index < -0.39 is 0 Å². The number of aryl methyl sites for hydroxylation is 1. The fraction of sp³-hybridized carbons (Fsp3) is 0.286. The van der Waals surface area contributed by atoms with Gasteiger partial charge < -0.3 is 10.6 Å². The molecule has 0 aliphatic carbocycles. The quantitative estimate of drug-likeness (QED) is 0.618. The molecule has 0 saturated heterocycles. The number of benzene rings is 1. The second-order valence-electron chi connectivity index (χ2n) is 6.69. The van der Waals surface area contributed by atoms with Gasteiger partial charge in [-0.2, -0.15) is 0 Å². The second-order valence-corrected chi connectivity index (χ2v) is 7.69. The Morgan fingerprint density at radius 2 is 1.93 bits per heavy atom. The summed E-state index contributed by atoms with van der Waals surface area (Å²) in [6, 6.07) is 9.20. The standard InChI is InChI=1S/C21H23N5O2S/c1-4-13(2)19(27)26-16-8-5-7-15(11-16)12-24-20(28)17-14(3)25-21(29-17)18-22-9-6-10-23-18/h5-11,13H,4,12H2,1-3H3,(H,24,28)(H,26,27). The number of hydrogen-bond acceptors (Lipinski definition) is 6. The number of carbonyl (C=O) groups excluding carboxylic acids is 2. The van der Waals surface area contributed by atoms with Crippen LogP contribution in [-0.2, 0) is 11.3 Å². The Kier molecular flexibility index (Phi) is 6.66. The average molecular weight is 410 g/mol. The number of thiazole rings is 1. The summed E-state index contributed by atoms with van der Waals surface area (Å²) < 4.78 is 0. The number of hydrogen-bond donors (Lipinski definition) is 2. The summed E-state index contributed by atoms with van der Waals surface area (Å²) in [7, 11) is 0. The van der Waals surface area contributed by atoms with Crippen molar-refractivity contribution in [2.45, 2.75) is 33.7 Å². The fourth-order valence-electron chi connectivity index (χ4n) is 2.58. The highest BCUT2D eigenvalue weighted by atomic mass is 32.1. The number of amides is 2. The van der Waals surface area contributed by atoms with Crippen molar-refractivity contribution >= 4 is 28.8 Å². The third-order valence-corrected chi connectivity index (χ3v) is 5.62. The maximum Gasteiger partial charge on any atom is 0.263 e. The van der Waals surface area contributed by atoms with E-state index in [2.05, 4.69) is 25.6 Å². The Balaban J connectivity index is 1.65. The van der Waals surface area contributed by atoms with Gasteiger partial charge in [0.1, 0.15) is 4.88 Å². The zero-order chi connectivity index (χ0) is 20.8. The Hall–Kier alpha value is -3.13. The van der Waals surface area contributed by atoms with E-state index in [0.29, 0.717) is 27.9 Å². The molecule has 8 heteroatoms. The minimum absolute atomic E-state index is 0.00960. The van der Waals surface area contributed by atoms with Crippen LogP contribution in [0, 0.1) is 12.8 Å². The molecule has 0 aliphatic rings. The summed E-state index contributed by atoms with van der Waals surface area (Å²) in [6.45, 7) is 6.02. The highest BCUT2D eigenvalue weighted by molar-refractivity contribution is 7.17. The Morgan fingerprint density at radius 1 is 1.17 bits per heavy atom. The van der Waals surface area contributed by atoms with Crippen LogP contribution in [0.5, 0.6) is 0 Å². The van der Waals surface area contributed by atoms with E-state index in [-0.39, 0.29) is 17.7 Å². The van der Waals surface area contributed by atoms with E-state index in [1.54, 1.807) is 25.4 Å². The number of rotatable bonds is 7. The molecule has 150 valence electrons. The van der Waals surface area contributed by atoms with E-state index in [1.807, 2.05) is 38.1 Å². The van der Waals surface area contributed by atoms with Crippen LogP contribution in [0.1, 0.15) is 41.2 Å². The van der Waals surface area contributed by atoms with Crippen molar-refractivity contribution < 1.29 is 9.59 Å². The Morgan fingerprint density at radius 3 is 2.66 bits per heavy atom. The van der Waals surface area contributed by atoms with Gasteiger partial charge in [0, 0.05) is 30.5 Å². The van der Waals surface area contributed by atoms with Gasteiger partial charge in [0.25, 0.3) is 5.91 Å². The van der Waals surface area contributed by atoms with Gasteiger partial charge in [-0.05, 0) is 37.1 Å². The van der Waals surface area contributed by atoms with Crippen molar-refractivity contribution in [2.75, 3.05) is 5.32 Å². The molecule has 0 radical (unpaired) electrons. The van der Waals surface area contributed by atoms with Crippen molar-refractivity contribution in [1.82, 2.24) is 20.3 Å². The predicted octanol–water partition coefficient (Wildman–Crippen LogP) is 3.82. The van der Waals surface area contributed by atoms with Crippen LogP contribution in [0.2, 0.25) is 0 Å². The first-order valence-electron chi connectivity index (χ1n) is 9.40. The van der Waals surface area contributed by atoms with E-state index >= 15 is 0 Å². The van der Waals surface area contributed by atoms with Crippen LogP contribution >= 0.6 is 11.3 Å². The average Bonchev–Trinajstić information content (AvgIpc) is 3.14. The first-order valence-corrected chi connectivity index (χ1v) is 10.2. The van der Waals surface area contributed by atoms with Crippen molar-refractivity contribution in [3.63, 3.8) is 0 Å². The summed E-state index contributed by atoms with van der Waals surface area (Å²) in [4.78, 5) is 38.0. The molecular weight excluding hydrogens is 386 g/mol. The van der Waals surface area contributed by atoms with Gasteiger partial charge in [-0.1, -0.05) is 26.0 Å². The first kappa shape index (κ1) is 20.6. The predicted molar refractivity (Wildman–Crippen MR) is 114 cm³/mol. The van der Waals surface area contributed by atoms with E-state index in [1.165, 1.54) is 11.3 Å². The molecule has 1 atom stereocenters. The van der Waals surface area contributed by atoms with Gasteiger partial charge >= 0.3 is 0 Å². The van der Waals surface area contributed by atoms with Crippen LogP contribution in [0.4, 0.5) is 5.69 Å². The Bertz CT molecular complexity index is 1000. The van der Waals surface area contributed by atoms with Gasteiger partial charge in [-0.3, -0.25) is 9.59 Å². The molecule has 2 heterocycles. The lowest BCUT2D eigenvalue weighted by atomic mass is 10.1. The van der Waals surface area contributed by atoms with Gasteiger partial charge in [-0.25, -0.2) is 15.0 Å². The first-order chi connectivity index (χ1) is 14.0. The minimum Gasteiger partial charge on any atom is -0.347 e. The van der Waals surface area contributed by atoms with Crippen LogP contribution in [0.3, 0.4) is 0 Å². The normalized spacial score (nSPS) is 11.7. The molecule has 7 nitrogen and oxygen atoms in total. The molecule has 29 heavy (non-hydrogen) atoms. The lowest BCUT2D eigenvalue weighted by Gasteiger charge is -2.11. The molecule has 0 bridgehead atoms. The maximum absolute atomic E-state index is 12.6. The molecule has 0 saturated carbocycles. The van der Waals surface area contributed by atoms with Crippen LogP contribution < -0.4 is 10.6 Å². The topological polar surface area (TPSA) is 96.9 Å². The van der Waals surface area contributed by atoms with E-state index in [4.69, 9.17) is 0 Å². The number of carbonyl (C=O) groups is 2. The SMILES string of the molecule is CCC(C)C(=O)Nc1cccc(CNC(=O)c2sc(-c3ncccn3)nc2C)c1. The fourth-order valence-corrected chi connectivity index (χ4v) is 3.52.